The summed E-state index contributed by atoms with van der Waals surface area (Å²) in [6.07, 6.45) is 0.758. The van der Waals surface area contributed by atoms with Gasteiger partial charge in [-0.3, -0.25) is 9.69 Å². The Bertz CT molecular complexity index is 874. The number of morpholine rings is 1. The Balaban J connectivity index is 1.59. The van der Waals surface area contributed by atoms with Gasteiger partial charge in [-0.15, -0.1) is 0 Å². The van der Waals surface area contributed by atoms with Gasteiger partial charge in [-0.2, -0.15) is 5.10 Å². The molecule has 0 spiro atoms. The van der Waals surface area contributed by atoms with Crippen LogP contribution in [0.25, 0.3) is 5.69 Å². The first kappa shape index (κ1) is 22.1. The smallest absolute Gasteiger partial charge is 0.224 e. The third kappa shape index (κ3) is 5.51. The summed E-state index contributed by atoms with van der Waals surface area (Å²) in [4.78, 5) is 14.8. The molecule has 0 saturated carbocycles. The van der Waals surface area contributed by atoms with Gasteiger partial charge in [0.15, 0.2) is 0 Å². The van der Waals surface area contributed by atoms with Crippen molar-refractivity contribution in [1.82, 2.24) is 20.0 Å². The molecule has 0 aliphatic carbocycles. The molecule has 2 heterocycles. The molecular weight excluding hydrogens is 411 g/mol. The minimum Gasteiger partial charge on any atom is -0.373 e. The number of hydrogen-bond donors (Lipinski definition) is 1. The van der Waals surface area contributed by atoms with Gasteiger partial charge in [-0.25, -0.2) is 4.68 Å². The second-order valence-electron chi connectivity index (χ2n) is 7.70. The third-order valence-corrected chi connectivity index (χ3v) is 5.91. The first-order chi connectivity index (χ1) is 13.7. The molecule has 29 heavy (non-hydrogen) atoms. The van der Waals surface area contributed by atoms with Gasteiger partial charge in [0.2, 0.25) is 5.91 Å². The van der Waals surface area contributed by atoms with E-state index in [9.17, 15) is 4.79 Å². The SMILES string of the molecule is Cc1nn(-c2ccc(Cl)c(Cl)c2)c(C)c1CC(=O)NCCN1C[C@@H](C)O[C@H](C)C1. The predicted octanol–water partition coefficient (Wildman–Crippen LogP) is 3.56. The van der Waals surface area contributed by atoms with Gasteiger partial charge in [0.25, 0.3) is 0 Å². The van der Waals surface area contributed by atoms with Gasteiger partial charge in [0, 0.05) is 37.4 Å². The summed E-state index contributed by atoms with van der Waals surface area (Å²) < 4.78 is 7.55. The van der Waals surface area contributed by atoms with E-state index in [4.69, 9.17) is 27.9 Å². The molecule has 2 aromatic rings. The van der Waals surface area contributed by atoms with Gasteiger partial charge in [-0.1, -0.05) is 23.2 Å². The topological polar surface area (TPSA) is 59.4 Å². The number of carbonyl (C=O) groups is 1. The Kier molecular flexibility index (Phi) is 7.22. The summed E-state index contributed by atoms with van der Waals surface area (Å²) >= 11 is 12.1. The minimum absolute atomic E-state index is 0.000699. The zero-order valence-electron chi connectivity index (χ0n) is 17.3. The number of amides is 1. The molecule has 1 aliphatic heterocycles. The number of halogens is 2. The lowest BCUT2D eigenvalue weighted by Crippen LogP contribution is -2.48. The maximum absolute atomic E-state index is 12.5. The van der Waals surface area contributed by atoms with E-state index in [0.717, 1.165) is 42.3 Å². The molecule has 8 heteroatoms. The molecule has 0 unspecified atom stereocenters. The van der Waals surface area contributed by atoms with E-state index < -0.39 is 0 Å². The Morgan fingerprint density at radius 2 is 1.90 bits per heavy atom. The average Bonchev–Trinajstić information content (AvgIpc) is 2.91. The van der Waals surface area contributed by atoms with Gasteiger partial charge < -0.3 is 10.1 Å². The molecule has 1 aliphatic rings. The number of nitrogens with zero attached hydrogens (tertiary/aromatic N) is 3. The molecule has 3 rings (SSSR count). The van der Waals surface area contributed by atoms with E-state index in [2.05, 4.69) is 29.2 Å². The number of hydrogen-bond acceptors (Lipinski definition) is 4. The van der Waals surface area contributed by atoms with E-state index in [1.54, 1.807) is 16.8 Å². The molecule has 0 radical (unpaired) electrons. The molecule has 1 saturated heterocycles. The van der Waals surface area contributed by atoms with Gasteiger partial charge >= 0.3 is 0 Å². The Labute approximate surface area is 182 Å². The highest BCUT2D eigenvalue weighted by Gasteiger charge is 2.22. The number of aryl methyl sites for hydroxylation is 1. The molecule has 0 bridgehead atoms. The minimum atomic E-state index is -0.000699. The van der Waals surface area contributed by atoms with E-state index >= 15 is 0 Å². The van der Waals surface area contributed by atoms with Crippen LogP contribution in [0, 0.1) is 13.8 Å². The summed E-state index contributed by atoms with van der Waals surface area (Å²) in [5.74, 6) is -0.000699. The van der Waals surface area contributed by atoms with E-state index in [1.807, 2.05) is 19.9 Å². The van der Waals surface area contributed by atoms with Crippen molar-refractivity contribution in [3.63, 3.8) is 0 Å². The average molecular weight is 439 g/mol. The molecule has 2 atom stereocenters. The summed E-state index contributed by atoms with van der Waals surface area (Å²) in [7, 11) is 0. The summed E-state index contributed by atoms with van der Waals surface area (Å²) in [5, 5.41) is 8.59. The van der Waals surface area contributed by atoms with Crippen molar-refractivity contribution in [2.45, 2.75) is 46.3 Å². The van der Waals surface area contributed by atoms with Crippen molar-refractivity contribution in [3.8, 4) is 5.69 Å². The zero-order valence-corrected chi connectivity index (χ0v) is 18.8. The van der Waals surface area contributed by atoms with Crippen molar-refractivity contribution in [1.29, 1.82) is 0 Å². The summed E-state index contributed by atoms with van der Waals surface area (Å²) in [5.41, 5.74) is 3.51. The maximum Gasteiger partial charge on any atom is 0.224 e. The maximum atomic E-state index is 12.5. The van der Waals surface area contributed by atoms with Crippen LogP contribution >= 0.6 is 23.2 Å². The first-order valence-corrected chi connectivity index (χ1v) is 10.6. The summed E-state index contributed by atoms with van der Waals surface area (Å²) in [6, 6.07) is 5.38. The van der Waals surface area contributed by atoms with Crippen LogP contribution in [0.3, 0.4) is 0 Å². The number of ether oxygens (including phenoxy) is 1. The number of benzene rings is 1. The van der Waals surface area contributed by atoms with Gasteiger partial charge in [0.1, 0.15) is 0 Å². The molecule has 158 valence electrons. The standard InChI is InChI=1S/C21H28Cl2N4O2/c1-13-11-26(12-14(2)29-13)8-7-24-21(28)10-18-15(3)25-27(16(18)4)17-5-6-19(22)20(23)9-17/h5-6,9,13-14H,7-8,10-12H2,1-4H3,(H,24,28)/t13-,14-/m1/s1. The lowest BCUT2D eigenvalue weighted by Gasteiger charge is -2.35. The molecule has 1 aromatic heterocycles. The van der Waals surface area contributed by atoms with Crippen molar-refractivity contribution in [2.24, 2.45) is 0 Å². The van der Waals surface area contributed by atoms with Crippen LogP contribution < -0.4 is 5.32 Å². The molecule has 1 fully saturated rings. The van der Waals surface area contributed by atoms with Crippen LogP contribution in [0.1, 0.15) is 30.8 Å². The highest BCUT2D eigenvalue weighted by Crippen LogP contribution is 2.26. The van der Waals surface area contributed by atoms with Crippen molar-refractivity contribution < 1.29 is 9.53 Å². The van der Waals surface area contributed by atoms with Crippen LogP contribution in [0.2, 0.25) is 10.0 Å². The monoisotopic (exact) mass is 438 g/mol. The fourth-order valence-electron chi connectivity index (χ4n) is 3.84. The second-order valence-corrected chi connectivity index (χ2v) is 8.52. The molecular formula is C21H28Cl2N4O2. The Hall–Kier alpha value is -1.60. The van der Waals surface area contributed by atoms with Crippen LogP contribution in [0.4, 0.5) is 0 Å². The van der Waals surface area contributed by atoms with Crippen molar-refractivity contribution >= 4 is 29.1 Å². The lowest BCUT2D eigenvalue weighted by atomic mass is 10.1. The molecule has 1 N–H and O–H groups in total. The van der Waals surface area contributed by atoms with Gasteiger partial charge in [0.05, 0.1) is 40.1 Å². The van der Waals surface area contributed by atoms with Crippen LogP contribution in [0.5, 0.6) is 0 Å². The number of nitrogens with one attached hydrogen (secondary N) is 1. The van der Waals surface area contributed by atoms with Crippen LogP contribution in [0.15, 0.2) is 18.2 Å². The molecule has 1 aromatic carbocycles. The Morgan fingerprint density at radius 1 is 1.21 bits per heavy atom. The van der Waals surface area contributed by atoms with E-state index in [0.29, 0.717) is 23.0 Å². The normalized spacial score (nSPS) is 20.1. The number of aromatic nitrogens is 2. The quantitative estimate of drug-likeness (QED) is 0.748. The highest BCUT2D eigenvalue weighted by atomic mass is 35.5. The fourth-order valence-corrected chi connectivity index (χ4v) is 4.13. The number of carbonyl (C=O) groups excluding carboxylic acids is 1. The van der Waals surface area contributed by atoms with Crippen LogP contribution in [-0.4, -0.2) is 59.0 Å². The number of rotatable bonds is 6. The largest absolute Gasteiger partial charge is 0.373 e. The second kappa shape index (κ2) is 9.47. The molecule has 1 amide bonds. The summed E-state index contributed by atoms with van der Waals surface area (Å²) in [6.45, 7) is 11.3. The fraction of sp³-hybridized carbons (Fsp3) is 0.524. The van der Waals surface area contributed by atoms with Crippen molar-refractivity contribution in [3.05, 3.63) is 45.2 Å². The third-order valence-electron chi connectivity index (χ3n) is 5.17. The van der Waals surface area contributed by atoms with Gasteiger partial charge in [-0.05, 0) is 45.9 Å². The van der Waals surface area contributed by atoms with Crippen LogP contribution in [-0.2, 0) is 16.0 Å². The Morgan fingerprint density at radius 3 is 2.55 bits per heavy atom. The molecule has 6 nitrogen and oxygen atoms in total. The zero-order chi connectivity index (χ0) is 21.1. The first-order valence-electron chi connectivity index (χ1n) is 9.89. The van der Waals surface area contributed by atoms with Crippen molar-refractivity contribution in [2.75, 3.05) is 26.2 Å². The van der Waals surface area contributed by atoms with E-state index in [-0.39, 0.29) is 18.1 Å². The lowest BCUT2D eigenvalue weighted by molar-refractivity contribution is -0.120. The highest BCUT2D eigenvalue weighted by molar-refractivity contribution is 6.42. The van der Waals surface area contributed by atoms with E-state index in [1.165, 1.54) is 0 Å². The predicted molar refractivity (Wildman–Crippen MR) is 116 cm³/mol.